The van der Waals surface area contributed by atoms with Gasteiger partial charge >= 0.3 is 0 Å². The molecule has 94 valence electrons. The monoisotopic (exact) mass is 263 g/mol. The SMILES string of the molecule is Cc1ccccc1CN(C)C(=O)c1ccc(Cl)o1. The first-order valence-electron chi connectivity index (χ1n) is 5.63. The molecule has 0 aliphatic heterocycles. The van der Waals surface area contributed by atoms with Gasteiger partial charge in [0.25, 0.3) is 5.91 Å². The molecule has 1 aromatic heterocycles. The predicted octanol–water partition coefficient (Wildman–Crippen LogP) is 3.51. The first-order chi connectivity index (χ1) is 8.58. The third-order valence-corrected chi connectivity index (χ3v) is 3.00. The largest absolute Gasteiger partial charge is 0.440 e. The Kier molecular flexibility index (Phi) is 3.72. The lowest BCUT2D eigenvalue weighted by Gasteiger charge is -2.17. The number of nitrogens with zero attached hydrogens (tertiary/aromatic N) is 1. The molecule has 3 nitrogen and oxygen atoms in total. The van der Waals surface area contributed by atoms with Gasteiger partial charge in [0.15, 0.2) is 11.0 Å². The Labute approximate surface area is 111 Å². The van der Waals surface area contributed by atoms with Gasteiger partial charge in [0, 0.05) is 13.6 Å². The van der Waals surface area contributed by atoms with Crippen LogP contribution in [0.3, 0.4) is 0 Å². The zero-order valence-corrected chi connectivity index (χ0v) is 11.1. The van der Waals surface area contributed by atoms with E-state index in [2.05, 4.69) is 0 Å². The summed E-state index contributed by atoms with van der Waals surface area (Å²) in [4.78, 5) is 13.7. The Morgan fingerprint density at radius 3 is 2.61 bits per heavy atom. The fraction of sp³-hybridized carbons (Fsp3) is 0.214. The molecule has 4 heteroatoms. The maximum Gasteiger partial charge on any atom is 0.289 e. The van der Waals surface area contributed by atoms with E-state index in [4.69, 9.17) is 16.0 Å². The van der Waals surface area contributed by atoms with Gasteiger partial charge < -0.3 is 9.32 Å². The highest BCUT2D eigenvalue weighted by Crippen LogP contribution is 2.16. The first-order valence-corrected chi connectivity index (χ1v) is 6.01. The normalized spacial score (nSPS) is 10.4. The number of aryl methyl sites for hydroxylation is 1. The van der Waals surface area contributed by atoms with Crippen molar-refractivity contribution >= 4 is 17.5 Å². The molecular weight excluding hydrogens is 250 g/mol. The van der Waals surface area contributed by atoms with Crippen LogP contribution in [-0.4, -0.2) is 17.9 Å². The van der Waals surface area contributed by atoms with Gasteiger partial charge in [-0.05, 0) is 41.8 Å². The second kappa shape index (κ2) is 5.27. The average Bonchev–Trinajstić information content (AvgIpc) is 2.78. The molecule has 0 radical (unpaired) electrons. The molecule has 1 heterocycles. The molecule has 0 aliphatic rings. The Hall–Kier alpha value is -1.74. The summed E-state index contributed by atoms with van der Waals surface area (Å²) in [6, 6.07) is 11.1. The molecule has 0 bridgehead atoms. The molecule has 1 aromatic carbocycles. The van der Waals surface area contributed by atoms with E-state index in [1.807, 2.05) is 31.2 Å². The van der Waals surface area contributed by atoms with Crippen molar-refractivity contribution in [1.29, 1.82) is 0 Å². The maximum atomic E-state index is 12.0. The Balaban J connectivity index is 2.11. The topological polar surface area (TPSA) is 33.5 Å². The smallest absolute Gasteiger partial charge is 0.289 e. The van der Waals surface area contributed by atoms with E-state index in [9.17, 15) is 4.79 Å². The zero-order chi connectivity index (χ0) is 13.1. The molecular formula is C14H14ClNO2. The number of furan rings is 1. The van der Waals surface area contributed by atoms with Crippen molar-refractivity contribution in [1.82, 2.24) is 4.90 Å². The van der Waals surface area contributed by atoms with Crippen LogP contribution in [0.5, 0.6) is 0 Å². The van der Waals surface area contributed by atoms with E-state index in [0.29, 0.717) is 6.54 Å². The molecule has 0 aliphatic carbocycles. The van der Waals surface area contributed by atoms with Crippen molar-refractivity contribution in [2.75, 3.05) is 7.05 Å². The van der Waals surface area contributed by atoms with Crippen LogP contribution in [0, 0.1) is 6.92 Å². The van der Waals surface area contributed by atoms with Gasteiger partial charge in [-0.1, -0.05) is 24.3 Å². The molecule has 0 unspecified atom stereocenters. The summed E-state index contributed by atoms with van der Waals surface area (Å²) in [6.45, 7) is 2.57. The van der Waals surface area contributed by atoms with E-state index in [-0.39, 0.29) is 16.9 Å². The second-order valence-electron chi connectivity index (χ2n) is 4.19. The van der Waals surface area contributed by atoms with Crippen molar-refractivity contribution in [2.24, 2.45) is 0 Å². The van der Waals surface area contributed by atoms with Gasteiger partial charge in [0.2, 0.25) is 0 Å². The summed E-state index contributed by atoms with van der Waals surface area (Å²) in [5.41, 5.74) is 2.28. The number of hydrogen-bond acceptors (Lipinski definition) is 2. The minimum absolute atomic E-state index is 0.176. The van der Waals surface area contributed by atoms with Crippen molar-refractivity contribution in [2.45, 2.75) is 13.5 Å². The maximum absolute atomic E-state index is 12.0. The molecule has 1 amide bonds. The third-order valence-electron chi connectivity index (χ3n) is 2.80. The van der Waals surface area contributed by atoms with Crippen molar-refractivity contribution in [3.63, 3.8) is 0 Å². The minimum atomic E-state index is -0.176. The quantitative estimate of drug-likeness (QED) is 0.849. The lowest BCUT2D eigenvalue weighted by atomic mass is 10.1. The van der Waals surface area contributed by atoms with Gasteiger partial charge in [0.05, 0.1) is 0 Å². The number of benzene rings is 1. The Bertz CT molecular complexity index is 562. The van der Waals surface area contributed by atoms with Gasteiger partial charge in [-0.25, -0.2) is 0 Å². The van der Waals surface area contributed by atoms with Crippen molar-refractivity contribution in [3.8, 4) is 0 Å². The fourth-order valence-electron chi connectivity index (χ4n) is 1.73. The molecule has 0 spiro atoms. The van der Waals surface area contributed by atoms with Crippen LogP contribution in [0.1, 0.15) is 21.7 Å². The summed E-state index contributed by atoms with van der Waals surface area (Å²) in [5, 5.41) is 0.225. The zero-order valence-electron chi connectivity index (χ0n) is 10.3. The Morgan fingerprint density at radius 1 is 1.28 bits per heavy atom. The van der Waals surface area contributed by atoms with Crippen LogP contribution in [0.25, 0.3) is 0 Å². The average molecular weight is 264 g/mol. The molecule has 18 heavy (non-hydrogen) atoms. The summed E-state index contributed by atoms with van der Waals surface area (Å²) >= 11 is 5.66. The molecule has 2 rings (SSSR count). The van der Waals surface area contributed by atoms with E-state index >= 15 is 0 Å². The highest BCUT2D eigenvalue weighted by molar-refractivity contribution is 6.29. The molecule has 0 atom stereocenters. The van der Waals surface area contributed by atoms with Crippen LogP contribution in [-0.2, 0) is 6.54 Å². The number of halogens is 1. The second-order valence-corrected chi connectivity index (χ2v) is 4.56. The van der Waals surface area contributed by atoms with E-state index in [1.165, 1.54) is 0 Å². The van der Waals surface area contributed by atoms with Gasteiger partial charge in [-0.15, -0.1) is 0 Å². The van der Waals surface area contributed by atoms with Gasteiger partial charge in [-0.2, -0.15) is 0 Å². The highest BCUT2D eigenvalue weighted by atomic mass is 35.5. The number of rotatable bonds is 3. The number of amides is 1. The van der Waals surface area contributed by atoms with Crippen LogP contribution < -0.4 is 0 Å². The highest BCUT2D eigenvalue weighted by Gasteiger charge is 2.16. The van der Waals surface area contributed by atoms with Crippen molar-refractivity contribution in [3.05, 3.63) is 58.5 Å². The standard InChI is InChI=1S/C14H14ClNO2/c1-10-5-3-4-6-11(10)9-16(2)14(17)12-7-8-13(15)18-12/h3-8H,9H2,1-2H3. The lowest BCUT2D eigenvalue weighted by molar-refractivity contribution is 0.0753. The first kappa shape index (κ1) is 12.7. The summed E-state index contributed by atoms with van der Waals surface area (Å²) in [6.07, 6.45) is 0. The molecule has 2 aromatic rings. The minimum Gasteiger partial charge on any atom is -0.440 e. The fourth-order valence-corrected chi connectivity index (χ4v) is 1.88. The van der Waals surface area contributed by atoms with Gasteiger partial charge in [-0.3, -0.25) is 4.79 Å². The van der Waals surface area contributed by atoms with Gasteiger partial charge in [0.1, 0.15) is 0 Å². The molecule has 0 saturated carbocycles. The van der Waals surface area contributed by atoms with E-state index in [0.717, 1.165) is 11.1 Å². The van der Waals surface area contributed by atoms with Crippen LogP contribution in [0.2, 0.25) is 5.22 Å². The third kappa shape index (κ3) is 2.74. The Morgan fingerprint density at radius 2 is 2.00 bits per heavy atom. The predicted molar refractivity (Wildman–Crippen MR) is 70.7 cm³/mol. The lowest BCUT2D eigenvalue weighted by Crippen LogP contribution is -2.26. The van der Waals surface area contributed by atoms with Crippen molar-refractivity contribution < 1.29 is 9.21 Å². The number of hydrogen-bond donors (Lipinski definition) is 0. The van der Waals surface area contributed by atoms with E-state index in [1.54, 1.807) is 24.1 Å². The van der Waals surface area contributed by atoms with Crippen LogP contribution in [0.15, 0.2) is 40.8 Å². The summed E-state index contributed by atoms with van der Waals surface area (Å²) < 4.78 is 5.11. The van der Waals surface area contributed by atoms with Crippen LogP contribution >= 0.6 is 11.6 Å². The molecule has 0 saturated heterocycles. The summed E-state index contributed by atoms with van der Waals surface area (Å²) in [7, 11) is 1.74. The summed E-state index contributed by atoms with van der Waals surface area (Å²) in [5.74, 6) is 0.0845. The van der Waals surface area contributed by atoms with Crippen LogP contribution in [0.4, 0.5) is 0 Å². The molecule has 0 N–H and O–H groups in total. The van der Waals surface area contributed by atoms with E-state index < -0.39 is 0 Å². The number of carbonyl (C=O) groups excluding carboxylic acids is 1. The number of carbonyl (C=O) groups is 1. The molecule has 0 fully saturated rings.